The van der Waals surface area contributed by atoms with Crippen molar-refractivity contribution in [3.8, 4) is 0 Å². The molecule has 3 rings (SSSR count). The van der Waals surface area contributed by atoms with E-state index in [1.54, 1.807) is 12.1 Å². The molecule has 0 unspecified atom stereocenters. The Bertz CT molecular complexity index is 965. The molecule has 1 heterocycles. The molecule has 0 aromatic heterocycles. The van der Waals surface area contributed by atoms with Crippen molar-refractivity contribution in [1.29, 1.82) is 0 Å². The van der Waals surface area contributed by atoms with Crippen molar-refractivity contribution in [2.75, 3.05) is 13.2 Å². The quantitative estimate of drug-likeness (QED) is 0.331. The van der Waals surface area contributed by atoms with E-state index >= 15 is 0 Å². The van der Waals surface area contributed by atoms with Gasteiger partial charge in [0.1, 0.15) is 0 Å². The van der Waals surface area contributed by atoms with Crippen molar-refractivity contribution in [2.24, 2.45) is 0 Å². The van der Waals surface area contributed by atoms with E-state index in [-0.39, 0.29) is 29.0 Å². The number of amides is 2. The van der Waals surface area contributed by atoms with Crippen molar-refractivity contribution in [3.63, 3.8) is 0 Å². The number of Topliss-reactive ketones (excluding diaryl/α,β-unsaturated/α-hetero) is 1. The molecule has 27 heavy (non-hydrogen) atoms. The van der Waals surface area contributed by atoms with E-state index in [9.17, 15) is 19.2 Å². The largest absolute Gasteiger partial charge is 0.454 e. The van der Waals surface area contributed by atoms with E-state index in [2.05, 4.69) is 6.58 Å². The molecule has 1 aliphatic heterocycles. The fraction of sp³-hybridized carbons (Fsp3) is 0.100. The van der Waals surface area contributed by atoms with Gasteiger partial charge in [-0.1, -0.05) is 17.7 Å². The van der Waals surface area contributed by atoms with Gasteiger partial charge in [-0.05, 0) is 42.5 Å². The average Bonchev–Trinajstić information content (AvgIpc) is 2.91. The molecule has 0 aliphatic carbocycles. The van der Waals surface area contributed by atoms with Crippen LogP contribution in [0, 0.1) is 0 Å². The van der Waals surface area contributed by atoms with Crippen LogP contribution in [0.4, 0.5) is 0 Å². The third kappa shape index (κ3) is 3.66. The van der Waals surface area contributed by atoms with Gasteiger partial charge in [0.2, 0.25) is 0 Å². The zero-order valence-corrected chi connectivity index (χ0v) is 14.9. The molecule has 0 saturated carbocycles. The second kappa shape index (κ2) is 7.55. The van der Waals surface area contributed by atoms with Crippen LogP contribution in [-0.2, 0) is 4.74 Å². The number of hydrogen-bond acceptors (Lipinski definition) is 5. The summed E-state index contributed by atoms with van der Waals surface area (Å²) < 4.78 is 5.02. The molecule has 6 nitrogen and oxygen atoms in total. The smallest absolute Gasteiger partial charge is 0.338 e. The lowest BCUT2D eigenvalue weighted by atomic mass is 10.1. The second-order valence-corrected chi connectivity index (χ2v) is 6.21. The number of hydrogen-bond donors (Lipinski definition) is 0. The molecular weight excluding hydrogens is 370 g/mol. The van der Waals surface area contributed by atoms with Gasteiger partial charge in [-0.2, -0.15) is 0 Å². The summed E-state index contributed by atoms with van der Waals surface area (Å²) in [6, 6.07) is 10.3. The number of halogens is 1. The van der Waals surface area contributed by atoms with E-state index in [0.29, 0.717) is 10.6 Å². The maximum atomic E-state index is 12.3. The minimum atomic E-state index is -0.762. The minimum Gasteiger partial charge on any atom is -0.454 e. The highest BCUT2D eigenvalue weighted by Gasteiger charge is 2.35. The number of imide groups is 1. The summed E-state index contributed by atoms with van der Waals surface area (Å²) in [4.78, 5) is 49.8. The number of ether oxygens (including phenoxy) is 1. The lowest BCUT2D eigenvalue weighted by Gasteiger charge is -2.09. The summed E-state index contributed by atoms with van der Waals surface area (Å²) in [5.41, 5.74) is 0.789. The molecular formula is C20H14ClNO5. The zero-order valence-electron chi connectivity index (χ0n) is 14.1. The van der Waals surface area contributed by atoms with Gasteiger partial charge in [-0.15, -0.1) is 6.58 Å². The van der Waals surface area contributed by atoms with Crippen LogP contribution in [0.5, 0.6) is 0 Å². The average molecular weight is 384 g/mol. The van der Waals surface area contributed by atoms with Crippen LogP contribution in [-0.4, -0.2) is 41.6 Å². The minimum absolute atomic E-state index is 0.0826. The maximum Gasteiger partial charge on any atom is 0.338 e. The van der Waals surface area contributed by atoms with Gasteiger partial charge in [-0.3, -0.25) is 19.3 Å². The van der Waals surface area contributed by atoms with Crippen molar-refractivity contribution in [3.05, 3.63) is 82.4 Å². The normalized spacial score (nSPS) is 12.7. The summed E-state index contributed by atoms with van der Waals surface area (Å²) in [6.45, 7) is 3.15. The van der Waals surface area contributed by atoms with Gasteiger partial charge in [-0.25, -0.2) is 4.79 Å². The summed E-state index contributed by atoms with van der Waals surface area (Å²) >= 11 is 5.77. The first kappa shape index (κ1) is 18.5. The molecule has 136 valence electrons. The molecule has 0 bridgehead atoms. The number of rotatable bonds is 6. The van der Waals surface area contributed by atoms with E-state index < -0.39 is 24.4 Å². The van der Waals surface area contributed by atoms with Crippen LogP contribution in [0.15, 0.2) is 55.1 Å². The van der Waals surface area contributed by atoms with Gasteiger partial charge >= 0.3 is 5.97 Å². The van der Waals surface area contributed by atoms with Crippen LogP contribution in [0.3, 0.4) is 0 Å². The highest BCUT2D eigenvalue weighted by Crippen LogP contribution is 2.24. The maximum absolute atomic E-state index is 12.3. The summed E-state index contributed by atoms with van der Waals surface area (Å²) in [6.07, 6.45) is 1.44. The monoisotopic (exact) mass is 383 g/mol. The van der Waals surface area contributed by atoms with Gasteiger partial charge in [0, 0.05) is 17.1 Å². The van der Waals surface area contributed by atoms with Gasteiger partial charge < -0.3 is 4.74 Å². The van der Waals surface area contributed by atoms with Crippen LogP contribution >= 0.6 is 11.6 Å². The molecule has 0 fully saturated rings. The molecule has 0 N–H and O–H groups in total. The number of carbonyl (C=O) groups is 4. The number of benzene rings is 2. The van der Waals surface area contributed by atoms with Crippen molar-refractivity contribution in [1.82, 2.24) is 4.90 Å². The van der Waals surface area contributed by atoms with E-state index in [1.165, 1.54) is 36.4 Å². The Labute approximate surface area is 160 Å². The van der Waals surface area contributed by atoms with Gasteiger partial charge in [0.05, 0.1) is 16.7 Å². The fourth-order valence-corrected chi connectivity index (χ4v) is 2.77. The predicted octanol–water partition coefficient (Wildman–Crippen LogP) is 3.16. The van der Waals surface area contributed by atoms with Crippen molar-refractivity contribution >= 4 is 35.2 Å². The number of ketones is 1. The molecule has 0 atom stereocenters. The van der Waals surface area contributed by atoms with Crippen LogP contribution in [0.25, 0.3) is 0 Å². The number of nitrogens with zero attached hydrogens (tertiary/aromatic N) is 1. The summed E-state index contributed by atoms with van der Waals surface area (Å²) in [5.74, 6) is -2.08. The number of esters is 1. The molecule has 7 heteroatoms. The Morgan fingerprint density at radius 1 is 1.00 bits per heavy atom. The number of fused-ring (bicyclic) bond motifs is 1. The Morgan fingerprint density at radius 2 is 1.63 bits per heavy atom. The predicted molar refractivity (Wildman–Crippen MR) is 98.1 cm³/mol. The zero-order chi connectivity index (χ0) is 19.6. The molecule has 2 aromatic carbocycles. The molecule has 0 spiro atoms. The number of carbonyl (C=O) groups excluding carboxylic acids is 4. The first-order valence-electron chi connectivity index (χ1n) is 7.99. The van der Waals surface area contributed by atoms with Crippen LogP contribution in [0.2, 0.25) is 5.02 Å². The lowest BCUT2D eigenvalue weighted by molar-refractivity contribution is 0.0474. The molecule has 1 aliphatic rings. The fourth-order valence-electron chi connectivity index (χ4n) is 2.65. The van der Waals surface area contributed by atoms with Crippen molar-refractivity contribution in [2.45, 2.75) is 0 Å². The summed E-state index contributed by atoms with van der Waals surface area (Å²) in [7, 11) is 0. The van der Waals surface area contributed by atoms with Gasteiger partial charge in [0.25, 0.3) is 11.8 Å². The van der Waals surface area contributed by atoms with E-state index in [0.717, 1.165) is 4.90 Å². The summed E-state index contributed by atoms with van der Waals surface area (Å²) in [5, 5.41) is 0.492. The first-order valence-corrected chi connectivity index (χ1v) is 8.37. The van der Waals surface area contributed by atoms with Crippen LogP contribution < -0.4 is 0 Å². The molecule has 2 amide bonds. The Kier molecular flexibility index (Phi) is 5.19. The Hall–Kier alpha value is -3.25. The van der Waals surface area contributed by atoms with Crippen molar-refractivity contribution < 1.29 is 23.9 Å². The third-order valence-corrected chi connectivity index (χ3v) is 4.27. The molecule has 0 radical (unpaired) electrons. The molecule has 2 aromatic rings. The Balaban J connectivity index is 1.71. The highest BCUT2D eigenvalue weighted by molar-refractivity contribution is 6.30. The second-order valence-electron chi connectivity index (χ2n) is 5.78. The van der Waals surface area contributed by atoms with Gasteiger partial charge in [0.15, 0.2) is 12.4 Å². The molecule has 0 saturated heterocycles. The first-order chi connectivity index (χ1) is 12.9. The lowest BCUT2D eigenvalue weighted by Crippen LogP contribution is -2.29. The van der Waals surface area contributed by atoms with E-state index in [4.69, 9.17) is 16.3 Å². The topological polar surface area (TPSA) is 80.8 Å². The standard InChI is InChI=1S/C20H14ClNO5/c1-2-9-22-18(24)15-8-5-13(10-16(15)19(22)25)20(26)27-11-17(23)12-3-6-14(21)7-4-12/h2-8,10H,1,9,11H2. The Morgan fingerprint density at radius 3 is 2.30 bits per heavy atom. The van der Waals surface area contributed by atoms with E-state index in [1.807, 2.05) is 0 Å². The SMILES string of the molecule is C=CCN1C(=O)c2ccc(C(=O)OCC(=O)c3ccc(Cl)cc3)cc2C1=O. The third-order valence-electron chi connectivity index (χ3n) is 4.02. The highest BCUT2D eigenvalue weighted by atomic mass is 35.5. The van der Waals surface area contributed by atoms with Crippen LogP contribution in [0.1, 0.15) is 41.4 Å².